The smallest absolute Gasteiger partial charge is 0.354 e. The molecule has 0 saturated heterocycles. The Hall–Kier alpha value is -2.62. The minimum absolute atomic E-state index is 0.267. The van der Waals surface area contributed by atoms with Crippen LogP contribution in [0.5, 0.6) is 0 Å². The maximum Gasteiger partial charge on any atom is 0.354 e. The average Bonchev–Trinajstić information content (AvgIpc) is 2.55. The van der Waals surface area contributed by atoms with Crippen LogP contribution in [-0.2, 0) is 6.42 Å². The van der Waals surface area contributed by atoms with E-state index in [1.165, 1.54) is 5.56 Å². The zero-order chi connectivity index (χ0) is 15.5. The first-order valence-electron chi connectivity index (χ1n) is 7.53. The van der Waals surface area contributed by atoms with Crippen molar-refractivity contribution in [3.8, 4) is 5.69 Å². The summed E-state index contributed by atoms with van der Waals surface area (Å²) >= 11 is 0. The molecule has 0 fully saturated rings. The van der Waals surface area contributed by atoms with E-state index in [0.29, 0.717) is 5.82 Å². The molecule has 112 valence electrons. The lowest BCUT2D eigenvalue weighted by Crippen LogP contribution is -2.23. The van der Waals surface area contributed by atoms with Crippen molar-refractivity contribution in [1.29, 1.82) is 0 Å². The van der Waals surface area contributed by atoms with Crippen molar-refractivity contribution >= 4 is 16.7 Å². The van der Waals surface area contributed by atoms with Crippen LogP contribution < -0.4 is 11.0 Å². The highest BCUT2D eigenvalue weighted by atomic mass is 16.1. The van der Waals surface area contributed by atoms with Gasteiger partial charge in [0.05, 0.1) is 11.2 Å². The summed E-state index contributed by atoms with van der Waals surface area (Å²) in [5.41, 5.74) is 2.69. The van der Waals surface area contributed by atoms with E-state index in [1.54, 1.807) is 11.6 Å². The second kappa shape index (κ2) is 6.02. The van der Waals surface area contributed by atoms with Crippen molar-refractivity contribution in [2.24, 2.45) is 0 Å². The summed E-state index contributed by atoms with van der Waals surface area (Å²) in [4.78, 5) is 16.7. The number of hydrogen-bond acceptors (Lipinski definition) is 3. The molecular weight excluding hydrogens is 274 g/mol. The SMILES string of the molecule is CCCc1ccc2c(NC)nc(=O)n(-c3ccccc3)c2c1. The summed E-state index contributed by atoms with van der Waals surface area (Å²) in [6.45, 7) is 2.15. The molecule has 0 saturated carbocycles. The van der Waals surface area contributed by atoms with Crippen LogP contribution in [0.4, 0.5) is 5.82 Å². The minimum atomic E-state index is -0.267. The molecule has 0 aliphatic rings. The second-order valence-electron chi connectivity index (χ2n) is 5.27. The van der Waals surface area contributed by atoms with Gasteiger partial charge in [-0.1, -0.05) is 37.6 Å². The Morgan fingerprint density at radius 1 is 1.14 bits per heavy atom. The third-order valence-electron chi connectivity index (χ3n) is 3.75. The van der Waals surface area contributed by atoms with Gasteiger partial charge in [0.15, 0.2) is 0 Å². The zero-order valence-electron chi connectivity index (χ0n) is 12.8. The molecule has 0 radical (unpaired) electrons. The fourth-order valence-corrected chi connectivity index (χ4v) is 2.73. The van der Waals surface area contributed by atoms with Crippen LogP contribution in [0.15, 0.2) is 53.3 Å². The van der Waals surface area contributed by atoms with Crippen molar-refractivity contribution in [2.75, 3.05) is 12.4 Å². The Labute approximate surface area is 129 Å². The van der Waals surface area contributed by atoms with Crippen LogP contribution in [0.1, 0.15) is 18.9 Å². The van der Waals surface area contributed by atoms with Gasteiger partial charge >= 0.3 is 5.69 Å². The van der Waals surface area contributed by atoms with E-state index in [2.05, 4.69) is 29.4 Å². The molecule has 0 bridgehead atoms. The van der Waals surface area contributed by atoms with Gasteiger partial charge in [-0.3, -0.25) is 4.57 Å². The minimum Gasteiger partial charge on any atom is -0.372 e. The highest BCUT2D eigenvalue weighted by molar-refractivity contribution is 5.90. The van der Waals surface area contributed by atoms with Crippen LogP contribution in [0.2, 0.25) is 0 Å². The summed E-state index contributed by atoms with van der Waals surface area (Å²) in [5.74, 6) is 0.621. The number of rotatable bonds is 4. The normalized spacial score (nSPS) is 10.8. The third kappa shape index (κ3) is 2.48. The van der Waals surface area contributed by atoms with E-state index in [0.717, 1.165) is 29.4 Å². The molecule has 1 aromatic heterocycles. The van der Waals surface area contributed by atoms with Crippen LogP contribution in [0.25, 0.3) is 16.6 Å². The Balaban J connectivity index is 2.37. The number of aryl methyl sites for hydroxylation is 1. The molecule has 22 heavy (non-hydrogen) atoms. The molecule has 0 spiro atoms. The lowest BCUT2D eigenvalue weighted by molar-refractivity contribution is 0.916. The largest absolute Gasteiger partial charge is 0.372 e. The van der Waals surface area contributed by atoms with Gasteiger partial charge in [0.25, 0.3) is 0 Å². The first kappa shape index (κ1) is 14.3. The third-order valence-corrected chi connectivity index (χ3v) is 3.75. The van der Waals surface area contributed by atoms with E-state index in [1.807, 2.05) is 36.4 Å². The van der Waals surface area contributed by atoms with Crippen molar-refractivity contribution in [2.45, 2.75) is 19.8 Å². The van der Waals surface area contributed by atoms with E-state index in [9.17, 15) is 4.79 Å². The molecule has 4 heteroatoms. The number of fused-ring (bicyclic) bond motifs is 1. The fourth-order valence-electron chi connectivity index (χ4n) is 2.73. The number of para-hydroxylation sites is 1. The predicted molar refractivity (Wildman–Crippen MR) is 90.9 cm³/mol. The van der Waals surface area contributed by atoms with Crippen molar-refractivity contribution in [1.82, 2.24) is 9.55 Å². The summed E-state index contributed by atoms with van der Waals surface area (Å²) in [6.07, 6.45) is 2.07. The lowest BCUT2D eigenvalue weighted by atomic mass is 10.1. The predicted octanol–water partition coefficient (Wildman–Crippen LogP) is 3.38. The van der Waals surface area contributed by atoms with Gasteiger partial charge in [0, 0.05) is 12.4 Å². The molecule has 0 aliphatic heterocycles. The van der Waals surface area contributed by atoms with Crippen LogP contribution in [0.3, 0.4) is 0 Å². The number of nitrogens with one attached hydrogen (secondary N) is 1. The van der Waals surface area contributed by atoms with Crippen molar-refractivity contribution in [3.63, 3.8) is 0 Å². The lowest BCUT2D eigenvalue weighted by Gasteiger charge is -2.13. The van der Waals surface area contributed by atoms with Crippen molar-refractivity contribution in [3.05, 3.63) is 64.6 Å². The topological polar surface area (TPSA) is 46.9 Å². The average molecular weight is 293 g/mol. The monoisotopic (exact) mass is 293 g/mol. The Kier molecular flexibility index (Phi) is 3.92. The molecule has 0 unspecified atom stereocenters. The Morgan fingerprint density at radius 3 is 2.59 bits per heavy atom. The molecule has 2 aromatic carbocycles. The van der Waals surface area contributed by atoms with Gasteiger partial charge in [-0.15, -0.1) is 0 Å². The molecule has 0 atom stereocenters. The van der Waals surface area contributed by atoms with Gasteiger partial charge in [-0.05, 0) is 36.2 Å². The standard InChI is InChI=1S/C18H19N3O/c1-3-7-13-10-11-15-16(12-13)21(14-8-5-4-6-9-14)18(22)20-17(15)19-2/h4-6,8-12H,3,7H2,1-2H3,(H,19,20,22). The van der Waals surface area contributed by atoms with E-state index in [4.69, 9.17) is 0 Å². The molecule has 1 N–H and O–H groups in total. The first-order chi connectivity index (χ1) is 10.7. The number of hydrogen-bond donors (Lipinski definition) is 1. The maximum atomic E-state index is 12.5. The van der Waals surface area contributed by atoms with Gasteiger partial charge in [0.1, 0.15) is 5.82 Å². The second-order valence-corrected chi connectivity index (χ2v) is 5.27. The molecule has 0 aliphatic carbocycles. The molecule has 4 nitrogen and oxygen atoms in total. The zero-order valence-corrected chi connectivity index (χ0v) is 12.8. The van der Waals surface area contributed by atoms with Crippen LogP contribution in [-0.4, -0.2) is 16.6 Å². The van der Waals surface area contributed by atoms with E-state index in [-0.39, 0.29) is 5.69 Å². The Bertz CT molecular complexity index is 853. The van der Waals surface area contributed by atoms with Crippen LogP contribution in [0, 0.1) is 0 Å². The van der Waals surface area contributed by atoms with Crippen LogP contribution >= 0.6 is 0 Å². The summed E-state index contributed by atoms with van der Waals surface area (Å²) in [6, 6.07) is 15.9. The first-order valence-corrected chi connectivity index (χ1v) is 7.53. The Morgan fingerprint density at radius 2 is 1.91 bits per heavy atom. The summed E-state index contributed by atoms with van der Waals surface area (Å²) in [5, 5.41) is 3.97. The quantitative estimate of drug-likeness (QED) is 0.802. The summed E-state index contributed by atoms with van der Waals surface area (Å²) < 4.78 is 1.68. The fraction of sp³-hybridized carbons (Fsp3) is 0.222. The van der Waals surface area contributed by atoms with Crippen molar-refractivity contribution < 1.29 is 0 Å². The van der Waals surface area contributed by atoms with Gasteiger partial charge in [-0.2, -0.15) is 4.98 Å². The van der Waals surface area contributed by atoms with Gasteiger partial charge in [0.2, 0.25) is 0 Å². The highest BCUT2D eigenvalue weighted by Gasteiger charge is 2.11. The van der Waals surface area contributed by atoms with E-state index < -0.39 is 0 Å². The van der Waals surface area contributed by atoms with E-state index >= 15 is 0 Å². The molecule has 3 rings (SSSR count). The number of aromatic nitrogens is 2. The highest BCUT2D eigenvalue weighted by Crippen LogP contribution is 2.23. The molecule has 0 amide bonds. The molecule has 3 aromatic rings. The molecular formula is C18H19N3O. The van der Waals surface area contributed by atoms with Gasteiger partial charge in [-0.25, -0.2) is 4.79 Å². The molecule has 1 heterocycles. The number of anilines is 1. The van der Waals surface area contributed by atoms with Gasteiger partial charge < -0.3 is 5.32 Å². The summed E-state index contributed by atoms with van der Waals surface area (Å²) in [7, 11) is 1.79. The number of benzene rings is 2. The maximum absolute atomic E-state index is 12.5. The number of nitrogens with zero attached hydrogens (tertiary/aromatic N) is 2.